The van der Waals surface area contributed by atoms with Crippen molar-refractivity contribution < 1.29 is 0 Å². The lowest BCUT2D eigenvalue weighted by atomic mass is 10.2. The molecule has 2 aromatic heterocycles. The molecule has 0 amide bonds. The quantitative estimate of drug-likeness (QED) is 0.613. The molecule has 2 heterocycles. The van der Waals surface area contributed by atoms with Gasteiger partial charge >= 0.3 is 0 Å². The number of anilines is 1. The number of nitrogens with one attached hydrogen (secondary N) is 1. The highest BCUT2D eigenvalue weighted by atomic mass is 16.1. The minimum Gasteiger partial charge on any atom is -0.399 e. The summed E-state index contributed by atoms with van der Waals surface area (Å²) in [6.07, 6.45) is 0. The number of rotatable bonds is 1. The van der Waals surface area contributed by atoms with Crippen molar-refractivity contribution in [3.05, 3.63) is 52.8 Å². The van der Waals surface area contributed by atoms with E-state index in [0.29, 0.717) is 17.2 Å². The van der Waals surface area contributed by atoms with Crippen molar-refractivity contribution in [3.8, 4) is 11.4 Å². The number of fused-ring (bicyclic) bond motifs is 1. The zero-order valence-electron chi connectivity index (χ0n) is 8.92. The molecule has 0 saturated carbocycles. The van der Waals surface area contributed by atoms with Crippen molar-refractivity contribution in [2.75, 3.05) is 5.73 Å². The average Bonchev–Trinajstić information content (AvgIpc) is 2.75. The van der Waals surface area contributed by atoms with Crippen LogP contribution in [0.2, 0.25) is 0 Å². The van der Waals surface area contributed by atoms with Crippen LogP contribution in [0.15, 0.2) is 47.3 Å². The van der Waals surface area contributed by atoms with E-state index in [0.717, 1.165) is 5.56 Å². The molecule has 0 bridgehead atoms. The second-order valence-corrected chi connectivity index (χ2v) is 3.75. The van der Waals surface area contributed by atoms with Crippen molar-refractivity contribution in [2.24, 2.45) is 0 Å². The number of benzene rings is 1. The van der Waals surface area contributed by atoms with E-state index in [-0.39, 0.29) is 5.56 Å². The molecule has 3 N–H and O–H groups in total. The predicted octanol–water partition coefficient (Wildman–Crippen LogP) is 1.27. The number of nitrogen functional groups attached to an aromatic ring is 1. The van der Waals surface area contributed by atoms with Gasteiger partial charge in [-0.15, -0.1) is 0 Å². The predicted molar refractivity (Wildman–Crippen MR) is 65.7 cm³/mol. The number of H-pyrrole nitrogens is 1. The number of nitrogens with zero attached hydrogens (tertiary/aromatic N) is 2. The molecule has 0 aliphatic heterocycles. The Balaban J connectivity index is 2.21. The van der Waals surface area contributed by atoms with Gasteiger partial charge in [0.15, 0.2) is 11.5 Å². The lowest BCUT2D eigenvalue weighted by Gasteiger charge is -1.96. The van der Waals surface area contributed by atoms with E-state index in [1.807, 2.05) is 12.1 Å². The molecule has 17 heavy (non-hydrogen) atoms. The summed E-state index contributed by atoms with van der Waals surface area (Å²) < 4.78 is 1.41. The molecule has 0 spiro atoms. The maximum atomic E-state index is 11.5. The standard InChI is InChI=1S/C12H10N4O/c13-9-6-4-8(5-7-9)12-14-10-2-1-3-11(17)16(10)15-12/h1-7H,13H2,(H,14,15). The fourth-order valence-corrected chi connectivity index (χ4v) is 1.69. The van der Waals surface area contributed by atoms with E-state index < -0.39 is 0 Å². The highest BCUT2D eigenvalue weighted by molar-refractivity contribution is 5.60. The van der Waals surface area contributed by atoms with Gasteiger partial charge in [0.05, 0.1) is 0 Å². The summed E-state index contributed by atoms with van der Waals surface area (Å²) in [6.45, 7) is 0. The third-order valence-corrected chi connectivity index (χ3v) is 2.56. The van der Waals surface area contributed by atoms with Crippen LogP contribution in [0.1, 0.15) is 0 Å². The molecule has 0 unspecified atom stereocenters. The van der Waals surface area contributed by atoms with E-state index >= 15 is 0 Å². The van der Waals surface area contributed by atoms with Crippen LogP contribution in [0.25, 0.3) is 17.0 Å². The summed E-state index contributed by atoms with van der Waals surface area (Å²) in [6, 6.07) is 12.3. The Labute approximate surface area is 96.5 Å². The summed E-state index contributed by atoms with van der Waals surface area (Å²) in [7, 11) is 0. The molecule has 0 saturated heterocycles. The Morgan fingerprint density at radius 1 is 1.12 bits per heavy atom. The van der Waals surface area contributed by atoms with E-state index in [2.05, 4.69) is 10.1 Å². The zero-order chi connectivity index (χ0) is 11.8. The molecule has 3 aromatic rings. The molecule has 3 rings (SSSR count). The van der Waals surface area contributed by atoms with E-state index in [1.54, 1.807) is 24.3 Å². The summed E-state index contributed by atoms with van der Waals surface area (Å²) in [5, 5.41) is 2.95. The first kappa shape index (κ1) is 9.65. The lowest BCUT2D eigenvalue weighted by Crippen LogP contribution is -2.11. The number of pyridine rings is 1. The summed E-state index contributed by atoms with van der Waals surface area (Å²) in [4.78, 5) is 15.9. The highest BCUT2D eigenvalue weighted by Crippen LogP contribution is 2.16. The van der Waals surface area contributed by atoms with Crippen LogP contribution >= 0.6 is 0 Å². The Kier molecular flexibility index (Phi) is 1.98. The molecule has 5 nitrogen and oxygen atoms in total. The van der Waals surface area contributed by atoms with E-state index in [1.165, 1.54) is 10.6 Å². The van der Waals surface area contributed by atoms with Gasteiger partial charge in [-0.05, 0) is 30.3 Å². The Morgan fingerprint density at radius 3 is 2.59 bits per heavy atom. The largest absolute Gasteiger partial charge is 0.399 e. The first-order valence-corrected chi connectivity index (χ1v) is 5.18. The number of hydrogen-bond donors (Lipinski definition) is 2. The van der Waals surface area contributed by atoms with Crippen LogP contribution in [0.5, 0.6) is 0 Å². The first-order chi connectivity index (χ1) is 8.24. The molecule has 0 aliphatic rings. The van der Waals surface area contributed by atoms with Gasteiger partial charge in [0.25, 0.3) is 5.56 Å². The van der Waals surface area contributed by atoms with E-state index in [9.17, 15) is 4.79 Å². The van der Waals surface area contributed by atoms with Crippen LogP contribution in [0.4, 0.5) is 5.69 Å². The van der Waals surface area contributed by atoms with Gasteiger partial charge in [-0.25, -0.2) is 4.98 Å². The summed E-state index contributed by atoms with van der Waals surface area (Å²) >= 11 is 0. The molecule has 0 aliphatic carbocycles. The van der Waals surface area contributed by atoms with Crippen LogP contribution in [0.3, 0.4) is 0 Å². The van der Waals surface area contributed by atoms with Gasteiger partial charge in [-0.1, -0.05) is 6.07 Å². The fraction of sp³-hybridized carbons (Fsp3) is 0. The number of nitrogens with two attached hydrogens (primary N) is 1. The van der Waals surface area contributed by atoms with Crippen molar-refractivity contribution in [1.29, 1.82) is 0 Å². The highest BCUT2D eigenvalue weighted by Gasteiger charge is 2.05. The minimum absolute atomic E-state index is 0.128. The maximum Gasteiger partial charge on any atom is 0.271 e. The van der Waals surface area contributed by atoms with Crippen LogP contribution in [0, 0.1) is 0 Å². The number of aromatic amines is 1. The molecule has 1 aromatic carbocycles. The number of hydrogen-bond acceptors (Lipinski definition) is 3. The molecule has 0 fully saturated rings. The van der Waals surface area contributed by atoms with Gasteiger partial charge in [-0.3, -0.25) is 9.89 Å². The van der Waals surface area contributed by atoms with Gasteiger partial charge in [0, 0.05) is 17.3 Å². The first-order valence-electron chi connectivity index (χ1n) is 5.18. The topological polar surface area (TPSA) is 76.2 Å². The van der Waals surface area contributed by atoms with E-state index in [4.69, 9.17) is 5.73 Å². The van der Waals surface area contributed by atoms with Crippen LogP contribution in [-0.4, -0.2) is 14.6 Å². The van der Waals surface area contributed by atoms with Crippen molar-refractivity contribution in [2.45, 2.75) is 0 Å². The lowest BCUT2D eigenvalue weighted by molar-refractivity contribution is 0.924. The second-order valence-electron chi connectivity index (χ2n) is 3.75. The zero-order valence-corrected chi connectivity index (χ0v) is 8.92. The van der Waals surface area contributed by atoms with Crippen molar-refractivity contribution in [3.63, 3.8) is 0 Å². The molecule has 84 valence electrons. The fourth-order valence-electron chi connectivity index (χ4n) is 1.69. The average molecular weight is 226 g/mol. The van der Waals surface area contributed by atoms with Gasteiger partial charge < -0.3 is 5.73 Å². The monoisotopic (exact) mass is 226 g/mol. The molecule has 5 heteroatoms. The van der Waals surface area contributed by atoms with Gasteiger partial charge in [-0.2, -0.15) is 4.52 Å². The molecular formula is C12H10N4O. The van der Waals surface area contributed by atoms with Crippen LogP contribution in [-0.2, 0) is 0 Å². The smallest absolute Gasteiger partial charge is 0.271 e. The van der Waals surface area contributed by atoms with Gasteiger partial charge in [0.2, 0.25) is 0 Å². The third-order valence-electron chi connectivity index (χ3n) is 2.56. The summed E-state index contributed by atoms with van der Waals surface area (Å²) in [5.74, 6) is 0.647. The molecular weight excluding hydrogens is 216 g/mol. The SMILES string of the molecule is Nc1ccc(-c2nc3cccc(=O)n3[nH]2)cc1. The normalized spacial score (nSPS) is 10.8. The summed E-state index contributed by atoms with van der Waals surface area (Å²) in [5.41, 5.74) is 7.68. The van der Waals surface area contributed by atoms with Crippen molar-refractivity contribution >= 4 is 11.3 Å². The van der Waals surface area contributed by atoms with Crippen LogP contribution < -0.4 is 11.3 Å². The van der Waals surface area contributed by atoms with Crippen molar-refractivity contribution in [1.82, 2.24) is 14.6 Å². The molecule has 0 radical (unpaired) electrons. The maximum absolute atomic E-state index is 11.5. The Morgan fingerprint density at radius 2 is 1.88 bits per heavy atom. The molecule has 0 atom stereocenters. The third kappa shape index (κ3) is 1.57. The van der Waals surface area contributed by atoms with Gasteiger partial charge in [0.1, 0.15) is 0 Å². The Bertz CT molecular complexity index is 724. The second kappa shape index (κ2) is 3.48. The number of aromatic nitrogens is 3. The minimum atomic E-state index is -0.128. The Hall–Kier alpha value is -2.56.